The van der Waals surface area contributed by atoms with Crippen LogP contribution < -0.4 is 22.3 Å². The lowest BCUT2D eigenvalue weighted by molar-refractivity contribution is 0.625. The summed E-state index contributed by atoms with van der Waals surface area (Å²) in [4.78, 5) is 24.5. The average Bonchev–Trinajstić information content (AvgIpc) is 2.73. The van der Waals surface area contributed by atoms with Crippen LogP contribution in [0.5, 0.6) is 0 Å². The number of nitrogens with zero attached hydrogens (tertiary/aromatic N) is 4. The summed E-state index contributed by atoms with van der Waals surface area (Å²) >= 11 is 0. The highest BCUT2D eigenvalue weighted by molar-refractivity contribution is 5.83. The molecule has 8 nitrogen and oxygen atoms in total. The van der Waals surface area contributed by atoms with Crippen LogP contribution in [0, 0.1) is 18.2 Å². The Morgan fingerprint density at radius 3 is 2.59 bits per heavy atom. The zero-order valence-corrected chi connectivity index (χ0v) is 16.8. The first kappa shape index (κ1) is 20.7. The Balaban J connectivity index is 1.95. The van der Waals surface area contributed by atoms with Crippen molar-refractivity contribution < 1.29 is 8.78 Å². The molecule has 0 saturated heterocycles. The van der Waals surface area contributed by atoms with Gasteiger partial charge in [-0.3, -0.25) is 9.36 Å². The van der Waals surface area contributed by atoms with Crippen molar-refractivity contribution >= 4 is 34.0 Å². The van der Waals surface area contributed by atoms with E-state index in [0.717, 1.165) is 0 Å². The van der Waals surface area contributed by atoms with E-state index in [1.54, 1.807) is 25.1 Å². The molecular formula is C22H17F2N7O. The summed E-state index contributed by atoms with van der Waals surface area (Å²) in [6, 6.07) is 10.7. The minimum Gasteiger partial charge on any atom is -0.392 e. The second-order valence-electron chi connectivity index (χ2n) is 7.04. The van der Waals surface area contributed by atoms with Crippen LogP contribution in [0.25, 0.3) is 21.3 Å². The van der Waals surface area contributed by atoms with Crippen molar-refractivity contribution in [1.82, 2.24) is 14.5 Å². The molecule has 0 saturated carbocycles. The summed E-state index contributed by atoms with van der Waals surface area (Å²) in [6.07, 6.45) is 0. The molecule has 0 bridgehead atoms. The Bertz CT molecular complexity index is 1460. The van der Waals surface area contributed by atoms with Crippen molar-refractivity contribution in [1.29, 1.82) is 0 Å². The molecule has 2 heterocycles. The van der Waals surface area contributed by atoms with Crippen LogP contribution in [0.15, 0.2) is 53.3 Å². The summed E-state index contributed by atoms with van der Waals surface area (Å²) in [5.74, 6) is -1.38. The molecule has 0 aliphatic rings. The fourth-order valence-electron chi connectivity index (χ4n) is 3.52. The largest absolute Gasteiger partial charge is 0.392 e. The fraction of sp³-hybridized carbons (Fsp3) is 0.0909. The van der Waals surface area contributed by atoms with Crippen molar-refractivity contribution in [2.75, 3.05) is 16.8 Å². The van der Waals surface area contributed by atoms with Gasteiger partial charge in [0.1, 0.15) is 23.3 Å². The van der Waals surface area contributed by atoms with E-state index in [1.807, 2.05) is 0 Å². The number of rotatable bonds is 4. The highest BCUT2D eigenvalue weighted by Crippen LogP contribution is 2.32. The number of hydrogen-bond acceptors (Lipinski definition) is 6. The molecule has 0 aliphatic carbocycles. The molecular weight excluding hydrogens is 416 g/mol. The molecule has 4 rings (SSSR count). The number of nitrogen functional groups attached to an aromatic ring is 2. The van der Waals surface area contributed by atoms with Gasteiger partial charge in [-0.2, -0.15) is 0 Å². The van der Waals surface area contributed by atoms with Gasteiger partial charge in [0.25, 0.3) is 11.2 Å². The standard InChI is InChI=1S/C22H17F2N7O/c1-11(28-20-18(27-2)19(25)29-22(26)30-20)16-9-12-5-3-8-15(24)17(12)21(32)31(16)14-7-4-6-13(23)10-14/h3-11H,1H3,(H5,25,26,28,29,30)/t11-/m0/s1. The monoisotopic (exact) mass is 433 g/mol. The predicted octanol–water partition coefficient (Wildman–Crippen LogP) is 3.95. The maximum Gasteiger partial charge on any atom is 0.268 e. The second-order valence-corrected chi connectivity index (χ2v) is 7.04. The SMILES string of the molecule is [C-]#[N+]c1c(N)nc(N)nc1N[C@@H](C)c1cc2cccc(F)c2c(=O)n1-c1cccc(F)c1. The van der Waals surface area contributed by atoms with E-state index in [-0.39, 0.29) is 34.3 Å². The topological polar surface area (TPSA) is 116 Å². The van der Waals surface area contributed by atoms with E-state index in [2.05, 4.69) is 20.1 Å². The fourth-order valence-corrected chi connectivity index (χ4v) is 3.52. The third kappa shape index (κ3) is 3.56. The maximum atomic E-state index is 14.5. The van der Waals surface area contributed by atoms with Gasteiger partial charge in [-0.05, 0) is 42.6 Å². The molecule has 5 N–H and O–H groups in total. The third-order valence-electron chi connectivity index (χ3n) is 4.93. The number of hydrogen-bond donors (Lipinski definition) is 3. The first-order valence-corrected chi connectivity index (χ1v) is 9.47. The summed E-state index contributed by atoms with van der Waals surface area (Å²) in [5.41, 5.74) is 11.4. The lowest BCUT2D eigenvalue weighted by Gasteiger charge is -2.22. The average molecular weight is 433 g/mol. The zero-order valence-electron chi connectivity index (χ0n) is 16.8. The van der Waals surface area contributed by atoms with Crippen molar-refractivity contribution in [2.45, 2.75) is 13.0 Å². The van der Waals surface area contributed by atoms with E-state index < -0.39 is 23.2 Å². The van der Waals surface area contributed by atoms with Gasteiger partial charge < -0.3 is 16.8 Å². The molecule has 160 valence electrons. The number of pyridine rings is 1. The van der Waals surface area contributed by atoms with Crippen LogP contribution in [0.1, 0.15) is 18.7 Å². The molecule has 32 heavy (non-hydrogen) atoms. The number of fused-ring (bicyclic) bond motifs is 1. The quantitative estimate of drug-likeness (QED) is 0.420. The van der Waals surface area contributed by atoms with E-state index >= 15 is 0 Å². The lowest BCUT2D eigenvalue weighted by Crippen LogP contribution is -2.26. The van der Waals surface area contributed by atoms with Crippen molar-refractivity contribution in [3.63, 3.8) is 0 Å². The normalized spacial score (nSPS) is 11.8. The third-order valence-corrected chi connectivity index (χ3v) is 4.93. The van der Waals surface area contributed by atoms with Gasteiger partial charge in [0.15, 0.2) is 0 Å². The molecule has 0 fully saturated rings. The minimum absolute atomic E-state index is 0.0301. The summed E-state index contributed by atoms with van der Waals surface area (Å²) in [7, 11) is 0. The Hall–Kier alpha value is -4.52. The smallest absolute Gasteiger partial charge is 0.268 e. The first-order chi connectivity index (χ1) is 15.3. The van der Waals surface area contributed by atoms with E-state index in [9.17, 15) is 13.6 Å². The van der Waals surface area contributed by atoms with Gasteiger partial charge >= 0.3 is 0 Å². The number of benzene rings is 2. The van der Waals surface area contributed by atoms with E-state index in [0.29, 0.717) is 11.1 Å². The van der Waals surface area contributed by atoms with Gasteiger partial charge in [0.2, 0.25) is 5.95 Å². The first-order valence-electron chi connectivity index (χ1n) is 9.47. The molecule has 1 atom stereocenters. The summed E-state index contributed by atoms with van der Waals surface area (Å²) < 4.78 is 29.7. The minimum atomic E-state index is -0.684. The Morgan fingerprint density at radius 1 is 1.12 bits per heavy atom. The predicted molar refractivity (Wildman–Crippen MR) is 119 cm³/mol. The van der Waals surface area contributed by atoms with Crippen LogP contribution in [0.2, 0.25) is 0 Å². The van der Waals surface area contributed by atoms with Crippen molar-refractivity contribution in [3.8, 4) is 5.69 Å². The Kier molecular flexibility index (Phi) is 5.16. The molecule has 0 spiro atoms. The van der Waals surface area contributed by atoms with Gasteiger partial charge in [0, 0.05) is 5.69 Å². The maximum absolute atomic E-state index is 14.5. The summed E-state index contributed by atoms with van der Waals surface area (Å²) in [6.45, 7) is 9.06. The Morgan fingerprint density at radius 2 is 1.88 bits per heavy atom. The van der Waals surface area contributed by atoms with Crippen LogP contribution >= 0.6 is 0 Å². The van der Waals surface area contributed by atoms with E-state index in [4.69, 9.17) is 18.0 Å². The molecule has 10 heteroatoms. The molecule has 2 aromatic carbocycles. The van der Waals surface area contributed by atoms with Gasteiger partial charge in [-0.1, -0.05) is 18.2 Å². The number of nitrogens with two attached hydrogens (primary N) is 2. The van der Waals surface area contributed by atoms with Crippen LogP contribution in [0.3, 0.4) is 0 Å². The number of aromatic nitrogens is 3. The molecule has 0 amide bonds. The molecule has 0 aliphatic heterocycles. The van der Waals surface area contributed by atoms with Gasteiger partial charge in [0.05, 0.1) is 23.7 Å². The number of halogens is 2. The van der Waals surface area contributed by atoms with Crippen LogP contribution in [0.4, 0.5) is 32.1 Å². The van der Waals surface area contributed by atoms with Gasteiger partial charge in [-0.15, -0.1) is 0 Å². The highest BCUT2D eigenvalue weighted by atomic mass is 19.1. The highest BCUT2D eigenvalue weighted by Gasteiger charge is 2.21. The van der Waals surface area contributed by atoms with Crippen molar-refractivity contribution in [2.24, 2.45) is 0 Å². The molecule has 0 unspecified atom stereocenters. The summed E-state index contributed by atoms with van der Waals surface area (Å²) in [5, 5.41) is 3.27. The van der Waals surface area contributed by atoms with Crippen LogP contribution in [-0.2, 0) is 0 Å². The van der Waals surface area contributed by atoms with Crippen molar-refractivity contribution in [3.05, 3.63) is 87.6 Å². The van der Waals surface area contributed by atoms with E-state index in [1.165, 1.54) is 34.9 Å². The second kappa shape index (κ2) is 7.96. The zero-order chi connectivity index (χ0) is 23.0. The molecule has 4 aromatic rings. The van der Waals surface area contributed by atoms with Gasteiger partial charge in [-0.25, -0.2) is 23.6 Å². The molecule has 2 aromatic heterocycles. The molecule has 0 radical (unpaired) electrons. The number of anilines is 3. The van der Waals surface area contributed by atoms with Crippen LogP contribution in [-0.4, -0.2) is 14.5 Å². The lowest BCUT2D eigenvalue weighted by atomic mass is 10.1. The Labute approximate surface area is 181 Å². The number of nitrogens with one attached hydrogen (secondary N) is 1.